The summed E-state index contributed by atoms with van der Waals surface area (Å²) in [5.74, 6) is 0.704. The Morgan fingerprint density at radius 3 is 2.73 bits per heavy atom. The van der Waals surface area contributed by atoms with Crippen LogP contribution in [-0.4, -0.2) is 19.2 Å². The Morgan fingerprint density at radius 1 is 1.45 bits per heavy atom. The molecule has 0 amide bonds. The molecule has 0 atom stereocenters. The fourth-order valence-electron chi connectivity index (χ4n) is 0.751. The summed E-state index contributed by atoms with van der Waals surface area (Å²) in [5.41, 5.74) is 1.13. The summed E-state index contributed by atoms with van der Waals surface area (Å²) in [5, 5.41) is 1.62. The van der Waals surface area contributed by atoms with E-state index in [-0.39, 0.29) is 0 Å². The third kappa shape index (κ3) is 2.48. The zero-order valence-electron chi connectivity index (χ0n) is 7.01. The van der Waals surface area contributed by atoms with E-state index in [1.165, 1.54) is 0 Å². The second-order valence-corrected chi connectivity index (χ2v) is 2.57. The number of hydrogen-bond donors (Lipinski definition) is 0. The lowest BCUT2D eigenvalue weighted by Gasteiger charge is -2.09. The molecule has 0 aliphatic rings. The number of nitrogens with zero attached hydrogens (tertiary/aromatic N) is 1. The maximum absolute atomic E-state index is 5.24. The molecule has 2 nitrogen and oxygen atoms in total. The highest BCUT2D eigenvalue weighted by atomic mass is 16.7. The van der Waals surface area contributed by atoms with Crippen molar-refractivity contribution in [2.45, 2.75) is 6.92 Å². The van der Waals surface area contributed by atoms with Crippen LogP contribution in [-0.2, 0) is 0 Å². The predicted molar refractivity (Wildman–Crippen MR) is 43.2 cm³/mol. The van der Waals surface area contributed by atoms with Crippen molar-refractivity contribution in [2.24, 2.45) is 0 Å². The van der Waals surface area contributed by atoms with Crippen LogP contribution in [0.15, 0.2) is 12.1 Å². The molecule has 0 saturated carbocycles. The van der Waals surface area contributed by atoms with Gasteiger partial charge in [0.1, 0.15) is 0 Å². The van der Waals surface area contributed by atoms with E-state index in [9.17, 15) is 0 Å². The van der Waals surface area contributed by atoms with Crippen molar-refractivity contribution in [3.63, 3.8) is 0 Å². The standard InChI is InChI=1S/C9H11NO/c1-8-5-4-6-9(7-8)11-10(2)3/h5,7H,1-3H3. The van der Waals surface area contributed by atoms with Crippen LogP contribution in [0.3, 0.4) is 0 Å². The van der Waals surface area contributed by atoms with Crippen LogP contribution in [0.5, 0.6) is 5.75 Å². The quantitative estimate of drug-likeness (QED) is 0.590. The van der Waals surface area contributed by atoms with Crippen molar-refractivity contribution < 1.29 is 4.84 Å². The van der Waals surface area contributed by atoms with Crippen molar-refractivity contribution in [3.8, 4) is 5.75 Å². The molecule has 2 heteroatoms. The summed E-state index contributed by atoms with van der Waals surface area (Å²) >= 11 is 0. The highest BCUT2D eigenvalue weighted by Crippen LogP contribution is 2.07. The summed E-state index contributed by atoms with van der Waals surface area (Å²) in [4.78, 5) is 5.24. The summed E-state index contributed by atoms with van der Waals surface area (Å²) in [6.45, 7) is 1.99. The molecule has 0 N–H and O–H groups in total. The normalized spacial score (nSPS) is 9.45. The zero-order chi connectivity index (χ0) is 8.27. The molecule has 1 aromatic carbocycles. The van der Waals surface area contributed by atoms with E-state index in [0.717, 1.165) is 5.56 Å². The first-order valence-electron chi connectivity index (χ1n) is 3.44. The van der Waals surface area contributed by atoms with Crippen molar-refractivity contribution in [1.29, 1.82) is 0 Å². The van der Waals surface area contributed by atoms with Crippen LogP contribution in [0.2, 0.25) is 0 Å². The average molecular weight is 149 g/mol. The van der Waals surface area contributed by atoms with Gasteiger partial charge in [0.05, 0.1) is 0 Å². The summed E-state index contributed by atoms with van der Waals surface area (Å²) in [7, 11) is 3.66. The molecule has 0 saturated heterocycles. The minimum Gasteiger partial charge on any atom is -0.397 e. The number of rotatable bonds is 2. The lowest BCUT2D eigenvalue weighted by atomic mass is 10.3. The van der Waals surface area contributed by atoms with Crippen LogP contribution in [0, 0.1) is 19.1 Å². The Morgan fingerprint density at radius 2 is 2.18 bits per heavy atom. The van der Waals surface area contributed by atoms with Crippen molar-refractivity contribution >= 4 is 0 Å². The maximum Gasteiger partial charge on any atom is 0.198 e. The van der Waals surface area contributed by atoms with Crippen molar-refractivity contribution in [3.05, 3.63) is 29.8 Å². The van der Waals surface area contributed by atoms with E-state index in [1.807, 2.05) is 33.2 Å². The third-order valence-corrected chi connectivity index (χ3v) is 1.13. The van der Waals surface area contributed by atoms with Crippen LogP contribution in [0.25, 0.3) is 0 Å². The first-order valence-corrected chi connectivity index (χ1v) is 3.44. The minimum absolute atomic E-state index is 0.704. The molecule has 0 aromatic heterocycles. The van der Waals surface area contributed by atoms with Gasteiger partial charge in [0.15, 0.2) is 5.75 Å². The zero-order valence-corrected chi connectivity index (χ0v) is 7.01. The van der Waals surface area contributed by atoms with E-state index < -0.39 is 0 Å². The van der Waals surface area contributed by atoms with Gasteiger partial charge >= 0.3 is 0 Å². The van der Waals surface area contributed by atoms with Crippen molar-refractivity contribution in [2.75, 3.05) is 14.1 Å². The lowest BCUT2D eigenvalue weighted by molar-refractivity contribution is -0.00329. The molecule has 58 valence electrons. The van der Waals surface area contributed by atoms with Gasteiger partial charge in [-0.05, 0) is 30.7 Å². The van der Waals surface area contributed by atoms with E-state index in [2.05, 4.69) is 12.1 Å². The molecule has 0 bridgehead atoms. The largest absolute Gasteiger partial charge is 0.397 e. The molecule has 0 spiro atoms. The molecule has 0 aliphatic heterocycles. The van der Waals surface area contributed by atoms with Gasteiger partial charge in [-0.1, -0.05) is 6.07 Å². The van der Waals surface area contributed by atoms with Gasteiger partial charge < -0.3 is 4.84 Å². The van der Waals surface area contributed by atoms with E-state index in [4.69, 9.17) is 4.84 Å². The van der Waals surface area contributed by atoms with Gasteiger partial charge in [0.25, 0.3) is 0 Å². The third-order valence-electron chi connectivity index (χ3n) is 1.13. The highest BCUT2D eigenvalue weighted by Gasteiger charge is 1.93. The van der Waals surface area contributed by atoms with Gasteiger partial charge in [-0.2, -0.15) is 0 Å². The molecule has 1 rings (SSSR count). The van der Waals surface area contributed by atoms with Crippen molar-refractivity contribution in [1.82, 2.24) is 5.06 Å². The summed E-state index contributed by atoms with van der Waals surface area (Å²) < 4.78 is 0. The highest BCUT2D eigenvalue weighted by molar-refractivity contribution is 5.21. The molecule has 1 aromatic rings. The van der Waals surface area contributed by atoms with E-state index >= 15 is 0 Å². The molecule has 0 heterocycles. The first kappa shape index (κ1) is 7.90. The van der Waals surface area contributed by atoms with Gasteiger partial charge in [-0.25, -0.2) is 0 Å². The Hall–Kier alpha value is -1.20. The Bertz CT molecular complexity index is 233. The van der Waals surface area contributed by atoms with Crippen LogP contribution < -0.4 is 4.84 Å². The Balaban J connectivity index is 2.71. The SMILES string of the molecule is Cc1cc#cc(ON(C)C)c1. The van der Waals surface area contributed by atoms with Gasteiger partial charge in [0.2, 0.25) is 0 Å². The molecule has 0 unspecified atom stereocenters. The van der Waals surface area contributed by atoms with Crippen LogP contribution in [0.1, 0.15) is 5.56 Å². The van der Waals surface area contributed by atoms with E-state index in [1.54, 1.807) is 5.06 Å². The predicted octanol–water partition coefficient (Wildman–Crippen LogP) is 1.45. The molecule has 0 aliphatic carbocycles. The van der Waals surface area contributed by atoms with Crippen LogP contribution >= 0.6 is 0 Å². The Kier molecular flexibility index (Phi) is 2.35. The first-order chi connectivity index (χ1) is 5.18. The monoisotopic (exact) mass is 149 g/mol. The molecule has 0 radical (unpaired) electrons. The molecule has 11 heavy (non-hydrogen) atoms. The number of aryl methyl sites for hydroxylation is 1. The smallest absolute Gasteiger partial charge is 0.198 e. The van der Waals surface area contributed by atoms with E-state index in [0.29, 0.717) is 5.75 Å². The average Bonchev–Trinajstić information content (AvgIpc) is 1.85. The fraction of sp³-hybridized carbons (Fsp3) is 0.333. The number of hydrogen-bond acceptors (Lipinski definition) is 2. The van der Waals surface area contributed by atoms with Gasteiger partial charge in [-0.15, -0.1) is 5.06 Å². The fourth-order valence-corrected chi connectivity index (χ4v) is 0.751. The second-order valence-electron chi connectivity index (χ2n) is 2.57. The lowest BCUT2D eigenvalue weighted by Crippen LogP contribution is -2.15. The summed E-state index contributed by atoms with van der Waals surface area (Å²) in [6, 6.07) is 9.49. The molecule has 0 fully saturated rings. The molecular formula is C9H11NO. The molecular weight excluding hydrogens is 138 g/mol. The van der Waals surface area contributed by atoms with Gasteiger partial charge in [-0.3, -0.25) is 0 Å². The van der Waals surface area contributed by atoms with Gasteiger partial charge in [0, 0.05) is 14.1 Å². The minimum atomic E-state index is 0.704. The maximum atomic E-state index is 5.24. The van der Waals surface area contributed by atoms with Crippen LogP contribution in [0.4, 0.5) is 0 Å². The topological polar surface area (TPSA) is 12.5 Å². The summed E-state index contributed by atoms with van der Waals surface area (Å²) in [6.07, 6.45) is 0. The Labute approximate surface area is 67.4 Å². The second kappa shape index (κ2) is 3.27. The number of hydroxylamine groups is 2.